The number of para-hydroxylation sites is 4. The number of methoxy groups -OCH3 is 1. The molecule has 3 aromatic rings. The molecular formula is C22H24N4O2. The van der Waals surface area contributed by atoms with E-state index in [1.807, 2.05) is 53.1 Å². The summed E-state index contributed by atoms with van der Waals surface area (Å²) in [6.45, 7) is 2.01. The maximum absolute atomic E-state index is 13.0. The molecule has 6 nitrogen and oxygen atoms in total. The first kappa shape index (κ1) is 17.3. The Balaban J connectivity index is 1.52. The number of aromatic nitrogens is 2. The number of ether oxygens (including phenoxy) is 1. The Kier molecular flexibility index (Phi) is 4.09. The van der Waals surface area contributed by atoms with Gasteiger partial charge in [0.05, 0.1) is 23.8 Å². The van der Waals surface area contributed by atoms with Crippen LogP contribution in [-0.2, 0) is 4.79 Å². The van der Waals surface area contributed by atoms with Gasteiger partial charge in [0.15, 0.2) is 0 Å². The summed E-state index contributed by atoms with van der Waals surface area (Å²) in [7, 11) is 1.65. The topological polar surface area (TPSA) is 68.2 Å². The standard InChI is InChI=1S/C22H24N4O2/c1-28-19-9-5-4-8-18(19)26-17-7-3-2-6-16(17)24-21(26)25-20(27)15-14-22(15)10-12-23-13-11-22/h2-9,15,23H,10-14H2,1H3,(H,24,25,27). The molecule has 144 valence electrons. The van der Waals surface area contributed by atoms with Gasteiger partial charge in [-0.3, -0.25) is 14.7 Å². The number of piperidine rings is 1. The lowest BCUT2D eigenvalue weighted by Crippen LogP contribution is -2.32. The van der Waals surface area contributed by atoms with Crippen molar-refractivity contribution in [2.24, 2.45) is 11.3 Å². The zero-order valence-corrected chi connectivity index (χ0v) is 15.9. The van der Waals surface area contributed by atoms with Crippen LogP contribution < -0.4 is 15.4 Å². The number of carbonyl (C=O) groups excluding carboxylic acids is 1. The zero-order valence-electron chi connectivity index (χ0n) is 15.9. The molecular weight excluding hydrogens is 352 g/mol. The molecule has 2 aromatic carbocycles. The molecule has 1 aliphatic heterocycles. The van der Waals surface area contributed by atoms with Crippen LogP contribution in [0.4, 0.5) is 5.95 Å². The second-order valence-corrected chi connectivity index (χ2v) is 7.79. The number of amides is 1. The molecule has 2 N–H and O–H groups in total. The molecule has 1 unspecified atom stereocenters. The normalized spacial score (nSPS) is 20.2. The van der Waals surface area contributed by atoms with Gasteiger partial charge in [-0.05, 0) is 62.0 Å². The van der Waals surface area contributed by atoms with Gasteiger partial charge >= 0.3 is 0 Å². The van der Waals surface area contributed by atoms with Gasteiger partial charge in [-0.25, -0.2) is 4.98 Å². The minimum Gasteiger partial charge on any atom is -0.495 e. The predicted molar refractivity (Wildman–Crippen MR) is 109 cm³/mol. The zero-order chi connectivity index (χ0) is 19.1. The first-order chi connectivity index (χ1) is 13.7. The molecule has 28 heavy (non-hydrogen) atoms. The van der Waals surface area contributed by atoms with Gasteiger partial charge in [-0.15, -0.1) is 0 Å². The number of hydrogen-bond acceptors (Lipinski definition) is 4. The summed E-state index contributed by atoms with van der Waals surface area (Å²) in [6, 6.07) is 15.7. The van der Waals surface area contributed by atoms with Crippen molar-refractivity contribution >= 4 is 22.9 Å². The Morgan fingerprint density at radius 1 is 1.18 bits per heavy atom. The van der Waals surface area contributed by atoms with Gasteiger partial charge < -0.3 is 10.1 Å². The Bertz CT molecular complexity index is 1040. The summed E-state index contributed by atoms with van der Waals surface area (Å²) >= 11 is 0. The van der Waals surface area contributed by atoms with Crippen molar-refractivity contribution in [2.45, 2.75) is 19.3 Å². The van der Waals surface area contributed by atoms with Gasteiger partial charge in [-0.2, -0.15) is 0 Å². The number of carbonyl (C=O) groups is 1. The van der Waals surface area contributed by atoms with E-state index in [1.54, 1.807) is 7.11 Å². The summed E-state index contributed by atoms with van der Waals surface area (Å²) in [5, 5.41) is 6.51. The SMILES string of the molecule is COc1ccccc1-n1c(NC(=O)C2CC23CCNCC3)nc2ccccc21. The molecule has 1 spiro atoms. The molecule has 1 atom stereocenters. The monoisotopic (exact) mass is 376 g/mol. The molecule has 0 bridgehead atoms. The first-order valence-corrected chi connectivity index (χ1v) is 9.84. The maximum Gasteiger partial charge on any atom is 0.230 e. The summed E-state index contributed by atoms with van der Waals surface area (Å²) < 4.78 is 7.54. The van der Waals surface area contributed by atoms with Gasteiger partial charge in [0.1, 0.15) is 5.75 Å². The van der Waals surface area contributed by atoms with Crippen LogP contribution in [0.25, 0.3) is 16.7 Å². The van der Waals surface area contributed by atoms with Gasteiger partial charge in [0.2, 0.25) is 11.9 Å². The van der Waals surface area contributed by atoms with Crippen LogP contribution in [-0.4, -0.2) is 35.7 Å². The van der Waals surface area contributed by atoms with Crippen LogP contribution in [0.2, 0.25) is 0 Å². The molecule has 2 heterocycles. The van der Waals surface area contributed by atoms with Gasteiger partial charge in [-0.1, -0.05) is 24.3 Å². The smallest absolute Gasteiger partial charge is 0.230 e. The van der Waals surface area contributed by atoms with E-state index < -0.39 is 0 Å². The number of nitrogens with one attached hydrogen (secondary N) is 2. The first-order valence-electron chi connectivity index (χ1n) is 9.84. The van der Waals surface area contributed by atoms with E-state index in [2.05, 4.69) is 10.6 Å². The van der Waals surface area contributed by atoms with E-state index in [0.717, 1.165) is 54.8 Å². The highest BCUT2D eigenvalue weighted by molar-refractivity contribution is 5.96. The van der Waals surface area contributed by atoms with E-state index in [-0.39, 0.29) is 17.2 Å². The van der Waals surface area contributed by atoms with Gasteiger partial charge in [0, 0.05) is 5.92 Å². The third-order valence-electron chi connectivity index (χ3n) is 6.23. The van der Waals surface area contributed by atoms with Crippen molar-refractivity contribution in [2.75, 3.05) is 25.5 Å². The number of rotatable bonds is 4. The molecule has 5 rings (SSSR count). The van der Waals surface area contributed by atoms with Crippen LogP contribution in [0.3, 0.4) is 0 Å². The Morgan fingerprint density at radius 3 is 2.75 bits per heavy atom. The Morgan fingerprint density at radius 2 is 1.93 bits per heavy atom. The van der Waals surface area contributed by atoms with Crippen molar-refractivity contribution < 1.29 is 9.53 Å². The van der Waals surface area contributed by atoms with E-state index in [0.29, 0.717) is 5.95 Å². The highest BCUT2D eigenvalue weighted by Gasteiger charge is 2.57. The number of fused-ring (bicyclic) bond motifs is 1. The van der Waals surface area contributed by atoms with Crippen LogP contribution in [0.5, 0.6) is 5.75 Å². The maximum atomic E-state index is 13.0. The van der Waals surface area contributed by atoms with Crippen molar-refractivity contribution in [3.8, 4) is 11.4 Å². The number of hydrogen-bond donors (Lipinski definition) is 2. The third-order valence-corrected chi connectivity index (χ3v) is 6.23. The fourth-order valence-electron chi connectivity index (χ4n) is 4.56. The molecule has 2 fully saturated rings. The second kappa shape index (κ2) is 6.63. The molecule has 6 heteroatoms. The minimum absolute atomic E-state index is 0.0772. The summed E-state index contributed by atoms with van der Waals surface area (Å²) in [4.78, 5) is 17.8. The predicted octanol–water partition coefficient (Wildman–Crippen LogP) is 3.36. The minimum atomic E-state index is 0.0772. The Hall–Kier alpha value is -2.86. The van der Waals surface area contributed by atoms with Crippen LogP contribution >= 0.6 is 0 Å². The number of imidazole rings is 1. The third kappa shape index (κ3) is 2.76. The van der Waals surface area contributed by atoms with E-state index in [4.69, 9.17) is 9.72 Å². The summed E-state index contributed by atoms with van der Waals surface area (Å²) in [6.07, 6.45) is 3.14. The lowest BCUT2D eigenvalue weighted by atomic mass is 9.92. The van der Waals surface area contributed by atoms with E-state index >= 15 is 0 Å². The average Bonchev–Trinajstić information content (AvgIpc) is 3.30. The summed E-state index contributed by atoms with van der Waals surface area (Å²) in [5.41, 5.74) is 2.84. The number of benzene rings is 2. The fraction of sp³-hybridized carbons (Fsp3) is 0.364. The fourth-order valence-corrected chi connectivity index (χ4v) is 4.56. The van der Waals surface area contributed by atoms with Gasteiger partial charge in [0.25, 0.3) is 0 Å². The largest absolute Gasteiger partial charge is 0.495 e. The lowest BCUT2D eigenvalue weighted by molar-refractivity contribution is -0.118. The summed E-state index contributed by atoms with van der Waals surface area (Å²) in [5.74, 6) is 1.45. The highest BCUT2D eigenvalue weighted by atomic mass is 16.5. The van der Waals surface area contributed by atoms with E-state index in [9.17, 15) is 4.79 Å². The average molecular weight is 376 g/mol. The van der Waals surface area contributed by atoms with Crippen LogP contribution in [0.1, 0.15) is 19.3 Å². The highest BCUT2D eigenvalue weighted by Crippen LogP contribution is 2.58. The molecule has 1 aliphatic carbocycles. The van der Waals surface area contributed by atoms with Crippen molar-refractivity contribution in [3.63, 3.8) is 0 Å². The molecule has 0 radical (unpaired) electrons. The number of anilines is 1. The Labute approximate surface area is 163 Å². The molecule has 2 aliphatic rings. The van der Waals surface area contributed by atoms with Crippen LogP contribution in [0, 0.1) is 11.3 Å². The van der Waals surface area contributed by atoms with Crippen LogP contribution in [0.15, 0.2) is 48.5 Å². The molecule has 1 amide bonds. The van der Waals surface area contributed by atoms with E-state index in [1.165, 1.54) is 0 Å². The van der Waals surface area contributed by atoms with Crippen molar-refractivity contribution in [1.29, 1.82) is 0 Å². The quantitative estimate of drug-likeness (QED) is 0.733. The van der Waals surface area contributed by atoms with Crippen molar-refractivity contribution in [1.82, 2.24) is 14.9 Å². The van der Waals surface area contributed by atoms with Crippen molar-refractivity contribution in [3.05, 3.63) is 48.5 Å². The number of nitrogens with zero attached hydrogens (tertiary/aromatic N) is 2. The molecule has 1 saturated carbocycles. The lowest BCUT2D eigenvalue weighted by Gasteiger charge is -2.23. The second-order valence-electron chi connectivity index (χ2n) is 7.79. The molecule has 1 saturated heterocycles. The molecule has 1 aromatic heterocycles.